The fourth-order valence-corrected chi connectivity index (χ4v) is 8.88. The second-order valence-electron chi connectivity index (χ2n) is 15.9. The van der Waals surface area contributed by atoms with E-state index in [1.807, 2.05) is 68.2 Å². The molecular weight excluding hydrogens is 970 g/mol. The maximum atomic E-state index is 13.7. The van der Waals surface area contributed by atoms with Crippen LogP contribution in [-0.4, -0.2) is 106 Å². The Hall–Kier alpha value is -6.04. The van der Waals surface area contributed by atoms with E-state index in [-0.39, 0.29) is 62.3 Å². The lowest BCUT2D eigenvalue weighted by molar-refractivity contribution is -0.0980. The maximum absolute atomic E-state index is 13.7. The van der Waals surface area contributed by atoms with Crippen LogP contribution in [0.3, 0.4) is 0 Å². The van der Waals surface area contributed by atoms with Crippen molar-refractivity contribution >= 4 is 37.3 Å². The van der Waals surface area contributed by atoms with E-state index in [2.05, 4.69) is 36.8 Å². The summed E-state index contributed by atoms with van der Waals surface area (Å²) in [5.74, 6) is 1.04. The number of nitrogens with zero attached hydrogens (tertiary/aromatic N) is 6. The molecule has 3 aliphatic rings. The molecule has 404 valence electrons. The summed E-state index contributed by atoms with van der Waals surface area (Å²) < 4.78 is 47.4. The number of nitrogens with one attached hydrogen (secondary N) is 3. The third kappa shape index (κ3) is 15.7. The number of hydrogen-bond acceptors (Lipinski definition) is 17. The number of aryl methyl sites for hydroxylation is 2. The number of hydrogen-bond donors (Lipinski definition) is 5. The van der Waals surface area contributed by atoms with Gasteiger partial charge in [-0.3, -0.25) is 47.1 Å². The molecule has 8 rings (SSSR count). The van der Waals surface area contributed by atoms with Crippen molar-refractivity contribution in [1.29, 1.82) is 0 Å². The highest BCUT2D eigenvalue weighted by atomic mass is 31.2. The van der Waals surface area contributed by atoms with E-state index in [9.17, 15) is 33.6 Å². The van der Waals surface area contributed by atoms with E-state index >= 15 is 0 Å². The molecule has 1 amide bonds. The first-order valence-corrected chi connectivity index (χ1v) is 25.4. The molecule has 0 bridgehead atoms. The second kappa shape index (κ2) is 30.2. The lowest BCUT2D eigenvalue weighted by atomic mass is 10.0. The first-order chi connectivity index (χ1) is 34.6. The largest absolute Gasteiger partial charge is 0.394 e. The minimum Gasteiger partial charge on any atom is -0.394 e. The number of amides is 1. The molecule has 1 unspecified atom stereocenters. The van der Waals surface area contributed by atoms with Gasteiger partial charge in [0.2, 0.25) is 0 Å². The van der Waals surface area contributed by atoms with Crippen LogP contribution in [0, 0.1) is 25.7 Å². The summed E-state index contributed by atoms with van der Waals surface area (Å²) in [4.78, 5) is 85.2. The molecule has 1 aromatic carbocycles. The first kappa shape index (κ1) is 63.1. The van der Waals surface area contributed by atoms with Gasteiger partial charge in [-0.2, -0.15) is 0 Å². The molecule has 24 heteroatoms. The van der Waals surface area contributed by atoms with Gasteiger partial charge in [0.25, 0.3) is 17.0 Å². The Bertz CT molecular complexity index is 2800. The Morgan fingerprint density at radius 3 is 1.78 bits per heavy atom. The van der Waals surface area contributed by atoms with Crippen molar-refractivity contribution < 1.29 is 47.6 Å². The first-order valence-electron chi connectivity index (χ1n) is 23.8. The van der Waals surface area contributed by atoms with Crippen LogP contribution in [0.5, 0.6) is 0 Å². The van der Waals surface area contributed by atoms with Crippen LogP contribution >= 0.6 is 7.60 Å². The second-order valence-corrected chi connectivity index (χ2v) is 17.8. The average Bonchev–Trinajstić information content (AvgIpc) is 4.21. The molecule has 7 heterocycles. The molecule has 3 fully saturated rings. The molecule has 23 nitrogen and oxygen atoms in total. The van der Waals surface area contributed by atoms with Crippen molar-refractivity contribution in [2.45, 2.75) is 139 Å². The fraction of sp³-hybridized carbons (Fsp3) is 0.531. The Labute approximate surface area is 424 Å². The summed E-state index contributed by atoms with van der Waals surface area (Å²) in [6, 6.07) is 8.66. The number of aliphatic hydroxyl groups excluding tert-OH is 2. The summed E-state index contributed by atoms with van der Waals surface area (Å²) in [5.41, 5.74) is 0.0715. The van der Waals surface area contributed by atoms with Gasteiger partial charge < -0.3 is 39.1 Å². The summed E-state index contributed by atoms with van der Waals surface area (Å²) in [6.07, 6.45) is 2.69. The molecule has 0 radical (unpaired) electrons. The normalized spacial score (nSPS) is 23.4. The van der Waals surface area contributed by atoms with Gasteiger partial charge in [-0.25, -0.2) is 24.5 Å². The highest BCUT2D eigenvalue weighted by molar-refractivity contribution is 7.57. The Balaban J connectivity index is 0.000000587. The van der Waals surface area contributed by atoms with Gasteiger partial charge in [0.1, 0.15) is 44.0 Å². The van der Waals surface area contributed by atoms with Crippen molar-refractivity contribution in [2.24, 2.45) is 11.8 Å². The lowest BCUT2D eigenvalue weighted by Gasteiger charge is -2.24. The zero-order chi connectivity index (χ0) is 53.9. The van der Waals surface area contributed by atoms with Crippen molar-refractivity contribution in [1.82, 2.24) is 38.6 Å². The summed E-state index contributed by atoms with van der Waals surface area (Å²) in [6.45, 7) is 24.1. The number of benzene rings is 1. The topological polar surface area (TPSA) is 303 Å². The van der Waals surface area contributed by atoms with Crippen LogP contribution < -0.4 is 27.8 Å². The maximum Gasteiger partial charge on any atom is 0.354 e. The highest BCUT2D eigenvalue weighted by Crippen LogP contribution is 2.54. The number of anilines is 1. The molecule has 3 aliphatic heterocycles. The number of carbonyl (C=O) groups is 2. The molecule has 5 N–H and O–H groups in total. The summed E-state index contributed by atoms with van der Waals surface area (Å²) in [5, 5.41) is 21.9. The average molecular weight is 1040 g/mol. The number of aromatic amines is 2. The fourth-order valence-electron chi connectivity index (χ4n) is 7.67. The Kier molecular flexibility index (Phi) is 26.1. The van der Waals surface area contributed by atoms with Gasteiger partial charge in [-0.1, -0.05) is 87.6 Å². The predicted molar refractivity (Wildman–Crippen MR) is 276 cm³/mol. The Morgan fingerprint density at radius 1 is 0.781 bits per heavy atom. The molecule has 0 aliphatic carbocycles. The van der Waals surface area contributed by atoms with Crippen molar-refractivity contribution in [3.05, 3.63) is 126 Å². The standard InChI is InChI=1S/C30H34N7O9P.C11H16N2O4.3C2H6.CH2O.CH4/c1-4-47(42,43-14-22-17(2)10-23(45-22)36-12-18(3)28(39)35-30(36)41)46-20-11-24(44-21(20)13-38)37-16-33-25-26(31-15-32-27(25)37)34-29(40)19-8-6-5-7-9-19;1-6-3-9(17-8(6)5-14)13-4-7(2)10(15)12-11(13)16;4*1-2;/h4-9,12,15-17,20-24,38H,1,10-11,13-14H2,2-3H3,(H,35,39,41)(H,31,32,34,40);4,6,8-9,14H,3,5H2,1-2H3,(H,12,15,16);3*1-2H3;1H2;1H4/t17-,20-,21+,22+,23+,24+,47?;6-,8+,9+;;;;;/m00...../s1. The van der Waals surface area contributed by atoms with Gasteiger partial charge in [0.15, 0.2) is 17.0 Å². The van der Waals surface area contributed by atoms with Gasteiger partial charge in [-0.05, 0) is 50.7 Å². The number of aromatic nitrogens is 8. The number of fused-ring (bicyclic) bond motifs is 1. The van der Waals surface area contributed by atoms with E-state index in [1.54, 1.807) is 42.7 Å². The molecule has 4 aromatic heterocycles. The van der Waals surface area contributed by atoms with Gasteiger partial charge >= 0.3 is 19.0 Å². The summed E-state index contributed by atoms with van der Waals surface area (Å²) >= 11 is 0. The molecule has 0 saturated carbocycles. The van der Waals surface area contributed by atoms with Crippen molar-refractivity contribution in [3.8, 4) is 0 Å². The van der Waals surface area contributed by atoms with Crippen molar-refractivity contribution in [3.63, 3.8) is 0 Å². The van der Waals surface area contributed by atoms with Crippen LogP contribution in [0.1, 0.15) is 122 Å². The molecule has 3 saturated heterocycles. The van der Waals surface area contributed by atoms with Gasteiger partial charge in [0.05, 0.1) is 38.4 Å². The van der Waals surface area contributed by atoms with E-state index < -0.39 is 68.1 Å². The molecular formula is C49H74N9O14P. The van der Waals surface area contributed by atoms with Crippen LogP contribution in [0.15, 0.2) is 87.0 Å². The van der Waals surface area contributed by atoms with E-state index in [1.165, 1.54) is 34.2 Å². The van der Waals surface area contributed by atoms with Gasteiger partial charge in [0, 0.05) is 41.3 Å². The third-order valence-electron chi connectivity index (χ3n) is 11.4. The number of rotatable bonds is 13. The molecule has 10 atom stereocenters. The lowest BCUT2D eigenvalue weighted by Crippen LogP contribution is -2.33. The third-order valence-corrected chi connectivity index (χ3v) is 12.9. The van der Waals surface area contributed by atoms with E-state index in [0.717, 1.165) is 5.82 Å². The quantitative estimate of drug-likeness (QED) is 0.0824. The molecule has 73 heavy (non-hydrogen) atoms. The smallest absolute Gasteiger partial charge is 0.354 e. The van der Waals surface area contributed by atoms with Gasteiger partial charge in [-0.15, -0.1) is 0 Å². The minimum atomic E-state index is -3.92. The Morgan fingerprint density at radius 2 is 1.27 bits per heavy atom. The zero-order valence-electron chi connectivity index (χ0n) is 42.6. The van der Waals surface area contributed by atoms with Crippen LogP contribution in [0.4, 0.5) is 5.82 Å². The molecule has 5 aromatic rings. The summed E-state index contributed by atoms with van der Waals surface area (Å²) in [7, 11) is -3.92. The van der Waals surface area contributed by atoms with Crippen molar-refractivity contribution in [2.75, 3.05) is 25.1 Å². The van der Waals surface area contributed by atoms with Crippen LogP contribution in [0.25, 0.3) is 11.2 Å². The number of ether oxygens (including phenoxy) is 3. The SMILES string of the molecule is C.C=CP(=O)(OC[C@H]1O[C@@H](n2cc(C)c(=O)[nH]c2=O)C[C@@H]1C)O[C@H]1C[C@H](n2cnc3c(NC(=O)c4ccccc4)ncnc32)O[C@@H]1CO.C=O.CC.CC.CC.Cc1cn([C@H]2C[C@H](C)[C@@H](CO)O2)c(=O)[nH]c1=O. The van der Waals surface area contributed by atoms with E-state index in [0.29, 0.717) is 40.7 Å². The molecule has 0 spiro atoms. The van der Waals surface area contributed by atoms with Crippen LogP contribution in [0.2, 0.25) is 0 Å². The number of carbonyl (C=O) groups excluding carboxylic acids is 2. The monoisotopic (exact) mass is 1040 g/mol. The highest BCUT2D eigenvalue weighted by Gasteiger charge is 2.43. The predicted octanol–water partition coefficient (Wildman–Crippen LogP) is 6.17. The number of imidazole rings is 1. The minimum absolute atomic E-state index is 0. The van der Waals surface area contributed by atoms with Crippen LogP contribution in [-0.2, 0) is 32.6 Å². The van der Waals surface area contributed by atoms with E-state index in [4.69, 9.17) is 33.2 Å². The zero-order valence-corrected chi connectivity index (χ0v) is 43.4. The number of H-pyrrole nitrogens is 2. The number of aliphatic hydroxyl groups is 2.